The highest BCUT2D eigenvalue weighted by Gasteiger charge is 2.28. The van der Waals surface area contributed by atoms with Crippen LogP contribution in [0.5, 0.6) is 5.75 Å². The molecule has 0 bridgehead atoms. The van der Waals surface area contributed by atoms with Crippen LogP contribution >= 0.6 is 11.6 Å². The van der Waals surface area contributed by atoms with Crippen molar-refractivity contribution in [2.24, 2.45) is 0 Å². The molecule has 0 heterocycles. The quantitative estimate of drug-likeness (QED) is 0.354. The summed E-state index contributed by atoms with van der Waals surface area (Å²) < 4.78 is 60.0. The minimum absolute atomic E-state index is 0.0114. The van der Waals surface area contributed by atoms with Crippen molar-refractivity contribution in [1.29, 1.82) is 0 Å². The Bertz CT molecular complexity index is 1590. The first-order chi connectivity index (χ1) is 17.8. The number of rotatable bonds is 10. The van der Waals surface area contributed by atoms with Crippen molar-refractivity contribution in [3.8, 4) is 5.75 Å². The number of anilines is 2. The van der Waals surface area contributed by atoms with Crippen molar-refractivity contribution in [2.45, 2.75) is 16.7 Å². The molecule has 0 aliphatic heterocycles. The molecule has 202 valence electrons. The molecule has 3 rings (SSSR count). The number of nitrogens with one attached hydrogen (secondary N) is 1. The van der Waals surface area contributed by atoms with Crippen LogP contribution in [-0.4, -0.2) is 54.8 Å². The highest BCUT2D eigenvalue weighted by atomic mass is 35.5. The summed E-state index contributed by atoms with van der Waals surface area (Å²) in [7, 11) is -3.69. The second-order valence-electron chi connectivity index (χ2n) is 8.36. The molecule has 9 nitrogen and oxygen atoms in total. The van der Waals surface area contributed by atoms with Crippen molar-refractivity contribution in [1.82, 2.24) is 4.31 Å². The monoisotopic (exact) mass is 577 g/mol. The van der Waals surface area contributed by atoms with E-state index < -0.39 is 26.0 Å². The fourth-order valence-electron chi connectivity index (χ4n) is 3.54. The molecule has 0 atom stereocenters. The lowest BCUT2D eigenvalue weighted by atomic mass is 10.1. The second kappa shape index (κ2) is 11.6. The molecule has 0 aliphatic carbocycles. The summed E-state index contributed by atoms with van der Waals surface area (Å²) in [4.78, 5) is 13.0. The molecule has 0 spiro atoms. The average molecular weight is 578 g/mol. The normalized spacial score (nSPS) is 11.7. The van der Waals surface area contributed by atoms with Crippen LogP contribution in [0.3, 0.4) is 0 Å². The van der Waals surface area contributed by atoms with E-state index in [9.17, 15) is 21.6 Å². The lowest BCUT2D eigenvalue weighted by Gasteiger charge is -2.25. The van der Waals surface area contributed by atoms with E-state index in [1.165, 1.54) is 57.6 Å². The number of sulfonamides is 2. The van der Waals surface area contributed by atoms with Crippen molar-refractivity contribution in [3.63, 3.8) is 0 Å². The van der Waals surface area contributed by atoms with Gasteiger partial charge in [-0.1, -0.05) is 35.9 Å². The molecule has 0 fully saturated rings. The largest absolute Gasteiger partial charge is 0.495 e. The third-order valence-electron chi connectivity index (χ3n) is 5.66. The molecule has 3 aromatic rings. The Balaban J connectivity index is 2.03. The van der Waals surface area contributed by atoms with E-state index in [4.69, 9.17) is 16.3 Å². The topological polar surface area (TPSA) is 113 Å². The number of hydrogen-bond acceptors (Lipinski definition) is 6. The molecule has 3 aromatic carbocycles. The number of benzene rings is 3. The standard InChI is InChI=1S/C26H28ClN3O6S2/c1-6-15-30(24-9-7-8-10-25(24)36-5)38(34,35)19-13-14-22(27)21(16-19)26(31)28-23-17-20(12-11-18(23)2)37(32,33)29(3)4/h6-14,16-17H,1,15H2,2-5H3,(H,28,31). The van der Waals surface area contributed by atoms with E-state index in [-0.39, 0.29) is 32.6 Å². The molecule has 0 saturated heterocycles. The zero-order valence-electron chi connectivity index (χ0n) is 21.3. The van der Waals surface area contributed by atoms with Gasteiger partial charge in [0.15, 0.2) is 0 Å². The Morgan fingerprint density at radius 1 is 1.00 bits per heavy atom. The van der Waals surface area contributed by atoms with E-state index in [1.807, 2.05) is 0 Å². The Morgan fingerprint density at radius 2 is 1.63 bits per heavy atom. The molecule has 1 N–H and O–H groups in total. The van der Waals surface area contributed by atoms with Crippen molar-refractivity contribution in [3.05, 3.63) is 89.5 Å². The number of hydrogen-bond donors (Lipinski definition) is 1. The van der Waals surface area contributed by atoms with Gasteiger partial charge in [-0.05, 0) is 55.0 Å². The van der Waals surface area contributed by atoms with E-state index in [1.54, 1.807) is 37.3 Å². The fourth-order valence-corrected chi connectivity index (χ4v) is 6.15. The molecule has 1 amide bonds. The third-order valence-corrected chi connectivity index (χ3v) is 9.57. The number of ether oxygens (including phenoxy) is 1. The van der Waals surface area contributed by atoms with E-state index in [0.29, 0.717) is 17.0 Å². The second-order valence-corrected chi connectivity index (χ2v) is 12.8. The number of methoxy groups -OCH3 is 1. The first-order valence-corrected chi connectivity index (χ1v) is 14.5. The van der Waals surface area contributed by atoms with Gasteiger partial charge in [0, 0.05) is 19.8 Å². The summed E-state index contributed by atoms with van der Waals surface area (Å²) in [5.74, 6) is -0.366. The van der Waals surface area contributed by atoms with Gasteiger partial charge in [-0.15, -0.1) is 6.58 Å². The molecule has 0 aliphatic rings. The molecule has 38 heavy (non-hydrogen) atoms. The van der Waals surface area contributed by atoms with Gasteiger partial charge in [0.05, 0.1) is 39.7 Å². The Labute approximate surface area is 228 Å². The Hall–Kier alpha value is -3.38. The lowest BCUT2D eigenvalue weighted by molar-refractivity contribution is 0.102. The third kappa shape index (κ3) is 5.86. The summed E-state index contributed by atoms with van der Waals surface area (Å²) in [5, 5.41) is 2.67. The predicted molar refractivity (Wildman–Crippen MR) is 149 cm³/mol. The summed E-state index contributed by atoms with van der Waals surface area (Å²) in [6.07, 6.45) is 1.44. The summed E-state index contributed by atoms with van der Waals surface area (Å²) in [6, 6.07) is 14.8. The summed E-state index contributed by atoms with van der Waals surface area (Å²) in [5.41, 5.74) is 1.03. The van der Waals surface area contributed by atoms with Gasteiger partial charge in [-0.3, -0.25) is 9.10 Å². The molecule has 12 heteroatoms. The summed E-state index contributed by atoms with van der Waals surface area (Å²) in [6.45, 7) is 5.30. The minimum atomic E-state index is -4.18. The molecule has 0 saturated carbocycles. The molecule has 0 aromatic heterocycles. The maximum Gasteiger partial charge on any atom is 0.264 e. The van der Waals surface area contributed by atoms with Crippen molar-refractivity contribution >= 4 is 48.9 Å². The Morgan fingerprint density at radius 3 is 2.26 bits per heavy atom. The highest BCUT2D eigenvalue weighted by Crippen LogP contribution is 2.33. The van der Waals surface area contributed by atoms with Crippen molar-refractivity contribution < 1.29 is 26.4 Å². The average Bonchev–Trinajstić information content (AvgIpc) is 2.88. The zero-order chi connectivity index (χ0) is 28.3. The van der Waals surface area contributed by atoms with Gasteiger partial charge in [-0.25, -0.2) is 21.1 Å². The van der Waals surface area contributed by atoms with Gasteiger partial charge < -0.3 is 10.1 Å². The lowest BCUT2D eigenvalue weighted by Crippen LogP contribution is -2.31. The van der Waals surface area contributed by atoms with Crippen LogP contribution in [0.4, 0.5) is 11.4 Å². The number of carbonyl (C=O) groups is 1. The van der Waals surface area contributed by atoms with Gasteiger partial charge in [-0.2, -0.15) is 0 Å². The maximum atomic E-state index is 13.7. The van der Waals surface area contributed by atoms with Crippen LogP contribution < -0.4 is 14.4 Å². The first kappa shape index (κ1) is 29.2. The number of halogens is 1. The smallest absolute Gasteiger partial charge is 0.264 e. The van der Waals surface area contributed by atoms with Crippen LogP contribution in [0.2, 0.25) is 5.02 Å². The molecule has 0 unspecified atom stereocenters. The van der Waals surface area contributed by atoms with Crippen LogP contribution in [0, 0.1) is 6.92 Å². The number of aryl methyl sites for hydroxylation is 1. The molecular formula is C26H28ClN3O6S2. The van der Waals surface area contributed by atoms with Crippen LogP contribution in [0.1, 0.15) is 15.9 Å². The van der Waals surface area contributed by atoms with Gasteiger partial charge in [0.1, 0.15) is 5.75 Å². The van der Waals surface area contributed by atoms with Crippen LogP contribution in [0.15, 0.2) is 83.1 Å². The van der Waals surface area contributed by atoms with Gasteiger partial charge in [0.2, 0.25) is 10.0 Å². The van der Waals surface area contributed by atoms with Crippen LogP contribution in [0.25, 0.3) is 0 Å². The van der Waals surface area contributed by atoms with Crippen molar-refractivity contribution in [2.75, 3.05) is 37.4 Å². The number of para-hydroxylation sites is 2. The fraction of sp³-hybridized carbons (Fsp3) is 0.192. The van der Waals surface area contributed by atoms with E-state index >= 15 is 0 Å². The summed E-state index contributed by atoms with van der Waals surface area (Å²) >= 11 is 6.29. The SMILES string of the molecule is C=CCN(c1ccccc1OC)S(=O)(=O)c1ccc(Cl)c(C(=O)Nc2cc(S(=O)(=O)N(C)C)ccc2C)c1. The molecule has 0 radical (unpaired) electrons. The highest BCUT2D eigenvalue weighted by molar-refractivity contribution is 7.92. The van der Waals surface area contributed by atoms with E-state index in [2.05, 4.69) is 11.9 Å². The number of carbonyl (C=O) groups excluding carboxylic acids is 1. The first-order valence-electron chi connectivity index (χ1n) is 11.2. The van der Waals surface area contributed by atoms with Gasteiger partial charge in [0.25, 0.3) is 15.9 Å². The maximum absolute atomic E-state index is 13.7. The number of nitrogens with zero attached hydrogens (tertiary/aromatic N) is 2. The van der Waals surface area contributed by atoms with Gasteiger partial charge >= 0.3 is 0 Å². The molecular weight excluding hydrogens is 550 g/mol. The minimum Gasteiger partial charge on any atom is -0.495 e. The zero-order valence-corrected chi connectivity index (χ0v) is 23.7. The van der Waals surface area contributed by atoms with Crippen LogP contribution in [-0.2, 0) is 20.0 Å². The van der Waals surface area contributed by atoms with E-state index in [0.717, 1.165) is 8.61 Å². The Kier molecular flexibility index (Phi) is 8.88. The number of amides is 1. The predicted octanol–water partition coefficient (Wildman–Crippen LogP) is 4.54.